The van der Waals surface area contributed by atoms with Crippen molar-refractivity contribution >= 4 is 0 Å². The second-order valence-corrected chi connectivity index (χ2v) is 4.18. The quantitative estimate of drug-likeness (QED) is 0.819. The number of piperidine rings is 1. The zero-order chi connectivity index (χ0) is 10.5. The zero-order valence-corrected chi connectivity index (χ0v) is 9.32. The fourth-order valence-electron chi connectivity index (χ4n) is 2.02. The Balaban J connectivity index is 1.88. The Morgan fingerprint density at radius 3 is 2.53 bits per heavy atom. The van der Waals surface area contributed by atoms with Gasteiger partial charge in [0.1, 0.15) is 0 Å². The summed E-state index contributed by atoms with van der Waals surface area (Å²) in [6, 6.07) is 4.52. The van der Waals surface area contributed by atoms with E-state index in [1.54, 1.807) is 0 Å². The van der Waals surface area contributed by atoms with Crippen LogP contribution in [0.5, 0.6) is 0 Å². The summed E-state index contributed by atoms with van der Waals surface area (Å²) >= 11 is 0. The molecule has 1 unspecified atom stereocenters. The lowest BCUT2D eigenvalue weighted by Crippen LogP contribution is -2.42. The highest BCUT2D eigenvalue weighted by Gasteiger charge is 2.13. The molecule has 2 rings (SSSR count). The molecule has 0 saturated carbocycles. The third kappa shape index (κ3) is 3.01. The summed E-state index contributed by atoms with van der Waals surface area (Å²) in [4.78, 5) is 4.03. The van der Waals surface area contributed by atoms with Crippen LogP contribution < -0.4 is 5.43 Å². The number of aromatic nitrogens is 1. The number of pyridine rings is 1. The highest BCUT2D eigenvalue weighted by molar-refractivity contribution is 5.13. The second-order valence-electron chi connectivity index (χ2n) is 4.18. The maximum Gasteiger partial charge on any atom is 0.0437 e. The van der Waals surface area contributed by atoms with Crippen molar-refractivity contribution in [3.05, 3.63) is 30.1 Å². The summed E-state index contributed by atoms with van der Waals surface area (Å²) in [5.74, 6) is 0. The summed E-state index contributed by atoms with van der Waals surface area (Å²) in [6.45, 7) is 4.55. The first-order chi connectivity index (χ1) is 7.36. The number of hydrazine groups is 1. The average Bonchev–Trinajstić information content (AvgIpc) is 2.31. The van der Waals surface area contributed by atoms with Crippen LogP contribution in [0.25, 0.3) is 0 Å². The van der Waals surface area contributed by atoms with Gasteiger partial charge in [0.25, 0.3) is 0 Å². The Kier molecular flexibility index (Phi) is 3.69. The lowest BCUT2D eigenvalue weighted by atomic mass is 10.1. The van der Waals surface area contributed by atoms with Crippen LogP contribution in [0.3, 0.4) is 0 Å². The molecular weight excluding hydrogens is 186 g/mol. The zero-order valence-electron chi connectivity index (χ0n) is 9.32. The van der Waals surface area contributed by atoms with Crippen LogP contribution in [-0.4, -0.2) is 23.1 Å². The van der Waals surface area contributed by atoms with E-state index in [1.165, 1.54) is 37.9 Å². The molecule has 82 valence electrons. The largest absolute Gasteiger partial charge is 0.265 e. The minimum Gasteiger partial charge on any atom is -0.265 e. The molecule has 0 bridgehead atoms. The molecule has 1 fully saturated rings. The van der Waals surface area contributed by atoms with Crippen molar-refractivity contribution < 1.29 is 0 Å². The molecule has 1 aromatic heterocycles. The molecule has 0 radical (unpaired) electrons. The van der Waals surface area contributed by atoms with Gasteiger partial charge in [-0.25, -0.2) is 10.4 Å². The second kappa shape index (κ2) is 5.24. The van der Waals surface area contributed by atoms with Crippen molar-refractivity contribution in [2.75, 3.05) is 13.1 Å². The fraction of sp³-hybridized carbons (Fsp3) is 0.583. The van der Waals surface area contributed by atoms with E-state index in [0.29, 0.717) is 6.04 Å². The van der Waals surface area contributed by atoms with E-state index < -0.39 is 0 Å². The minimum atomic E-state index is 0.381. The minimum absolute atomic E-state index is 0.381. The van der Waals surface area contributed by atoms with Crippen molar-refractivity contribution in [2.45, 2.75) is 32.2 Å². The summed E-state index contributed by atoms with van der Waals surface area (Å²) < 4.78 is 0. The van der Waals surface area contributed by atoms with Gasteiger partial charge >= 0.3 is 0 Å². The van der Waals surface area contributed by atoms with Gasteiger partial charge in [-0.05, 0) is 37.5 Å². The van der Waals surface area contributed by atoms with Gasteiger partial charge in [-0.15, -0.1) is 0 Å². The summed E-state index contributed by atoms with van der Waals surface area (Å²) in [7, 11) is 0. The Labute approximate surface area is 91.5 Å². The van der Waals surface area contributed by atoms with Crippen molar-refractivity contribution in [3.63, 3.8) is 0 Å². The van der Waals surface area contributed by atoms with Gasteiger partial charge in [-0.2, -0.15) is 0 Å². The fourth-order valence-corrected chi connectivity index (χ4v) is 2.02. The number of rotatable bonds is 3. The van der Waals surface area contributed by atoms with Crippen LogP contribution in [0.2, 0.25) is 0 Å². The lowest BCUT2D eigenvalue weighted by Gasteiger charge is -2.30. The Hall–Kier alpha value is -0.930. The van der Waals surface area contributed by atoms with E-state index in [-0.39, 0.29) is 0 Å². The third-order valence-electron chi connectivity index (χ3n) is 2.94. The normalized spacial score (nSPS) is 20.1. The van der Waals surface area contributed by atoms with Gasteiger partial charge in [0.15, 0.2) is 0 Å². The van der Waals surface area contributed by atoms with Gasteiger partial charge in [0.05, 0.1) is 0 Å². The molecule has 3 heteroatoms. The molecule has 1 aromatic rings. The van der Waals surface area contributed by atoms with Crippen molar-refractivity contribution in [1.82, 2.24) is 15.4 Å². The molecular formula is C12H19N3. The Bertz CT molecular complexity index is 280. The van der Waals surface area contributed by atoms with E-state index >= 15 is 0 Å². The summed E-state index contributed by atoms with van der Waals surface area (Å²) in [5.41, 5.74) is 4.84. The molecule has 15 heavy (non-hydrogen) atoms. The summed E-state index contributed by atoms with van der Waals surface area (Å²) in [6.07, 6.45) is 7.71. The van der Waals surface area contributed by atoms with Crippen LogP contribution in [0, 0.1) is 0 Å². The molecule has 0 aromatic carbocycles. The van der Waals surface area contributed by atoms with Gasteiger partial charge in [0.2, 0.25) is 0 Å². The average molecular weight is 205 g/mol. The topological polar surface area (TPSA) is 28.2 Å². The number of hydrogen-bond acceptors (Lipinski definition) is 3. The van der Waals surface area contributed by atoms with Crippen molar-refractivity contribution in [1.29, 1.82) is 0 Å². The van der Waals surface area contributed by atoms with E-state index in [0.717, 1.165) is 0 Å². The van der Waals surface area contributed by atoms with Gasteiger partial charge in [0, 0.05) is 31.5 Å². The molecule has 1 N–H and O–H groups in total. The number of nitrogens with one attached hydrogen (secondary N) is 1. The van der Waals surface area contributed by atoms with Crippen molar-refractivity contribution in [3.8, 4) is 0 Å². The number of nitrogens with zero attached hydrogens (tertiary/aromatic N) is 2. The predicted octanol–water partition coefficient (Wildman–Crippen LogP) is 2.13. The third-order valence-corrected chi connectivity index (χ3v) is 2.94. The Morgan fingerprint density at radius 1 is 1.20 bits per heavy atom. The van der Waals surface area contributed by atoms with Gasteiger partial charge in [-0.1, -0.05) is 6.42 Å². The summed E-state index contributed by atoms with van der Waals surface area (Å²) in [5, 5.41) is 2.34. The molecule has 1 aliphatic heterocycles. The molecule has 1 saturated heterocycles. The van der Waals surface area contributed by atoms with E-state index in [2.05, 4.69) is 34.5 Å². The molecule has 1 aliphatic rings. The first-order valence-electron chi connectivity index (χ1n) is 5.77. The van der Waals surface area contributed by atoms with Gasteiger partial charge < -0.3 is 0 Å². The first kappa shape index (κ1) is 10.6. The van der Waals surface area contributed by atoms with E-state index in [1.807, 2.05) is 12.4 Å². The maximum atomic E-state index is 4.03. The molecule has 3 nitrogen and oxygen atoms in total. The lowest BCUT2D eigenvalue weighted by molar-refractivity contribution is 0.133. The highest BCUT2D eigenvalue weighted by atomic mass is 15.5. The van der Waals surface area contributed by atoms with Crippen LogP contribution in [0.4, 0.5) is 0 Å². The first-order valence-corrected chi connectivity index (χ1v) is 5.77. The standard InChI is InChI=1S/C12H19N3/c1-11(12-5-7-13-8-6-12)14-15-9-3-2-4-10-15/h5-8,11,14H,2-4,9-10H2,1H3. The maximum absolute atomic E-state index is 4.03. The SMILES string of the molecule is CC(NN1CCCCC1)c1ccncc1. The highest BCUT2D eigenvalue weighted by Crippen LogP contribution is 2.13. The van der Waals surface area contributed by atoms with Crippen LogP contribution in [0.1, 0.15) is 37.8 Å². The van der Waals surface area contributed by atoms with Crippen LogP contribution >= 0.6 is 0 Å². The molecule has 0 aliphatic carbocycles. The Morgan fingerprint density at radius 2 is 1.87 bits per heavy atom. The number of hydrogen-bond donors (Lipinski definition) is 1. The monoisotopic (exact) mass is 205 g/mol. The molecule has 0 amide bonds. The molecule has 0 spiro atoms. The van der Waals surface area contributed by atoms with E-state index in [9.17, 15) is 0 Å². The molecule has 1 atom stereocenters. The predicted molar refractivity (Wildman–Crippen MR) is 61.2 cm³/mol. The van der Waals surface area contributed by atoms with E-state index in [4.69, 9.17) is 0 Å². The van der Waals surface area contributed by atoms with Crippen LogP contribution in [-0.2, 0) is 0 Å². The smallest absolute Gasteiger partial charge is 0.0437 e. The van der Waals surface area contributed by atoms with Crippen LogP contribution in [0.15, 0.2) is 24.5 Å². The van der Waals surface area contributed by atoms with Crippen molar-refractivity contribution in [2.24, 2.45) is 0 Å². The van der Waals surface area contributed by atoms with Gasteiger partial charge in [-0.3, -0.25) is 4.98 Å². The molecule has 2 heterocycles.